The number of carbonyl (C=O) groups excluding carboxylic acids is 2. The van der Waals surface area contributed by atoms with E-state index in [1.807, 2.05) is 20.8 Å². The third-order valence-corrected chi connectivity index (χ3v) is 5.25. The molecule has 2 N–H and O–H groups in total. The molecule has 0 saturated carbocycles. The second kappa shape index (κ2) is 8.72. The molecular weight excluding hydrogens is 400 g/mol. The fourth-order valence-electron chi connectivity index (χ4n) is 3.91. The number of carbonyl (C=O) groups is 2. The van der Waals surface area contributed by atoms with E-state index in [-0.39, 0.29) is 29.3 Å². The van der Waals surface area contributed by atoms with Gasteiger partial charge in [-0.2, -0.15) is 5.26 Å². The van der Waals surface area contributed by atoms with Crippen LogP contribution in [0.2, 0.25) is 0 Å². The van der Waals surface area contributed by atoms with Crippen molar-refractivity contribution in [2.24, 2.45) is 11.1 Å². The molecule has 8 heteroatoms. The van der Waals surface area contributed by atoms with Crippen LogP contribution in [-0.2, 0) is 19.1 Å². The van der Waals surface area contributed by atoms with Gasteiger partial charge in [-0.15, -0.1) is 0 Å². The van der Waals surface area contributed by atoms with Crippen LogP contribution in [0.4, 0.5) is 0 Å². The topological polar surface area (TPSA) is 121 Å². The highest BCUT2D eigenvalue weighted by Gasteiger charge is 2.43. The van der Waals surface area contributed by atoms with E-state index in [9.17, 15) is 14.9 Å². The highest BCUT2D eigenvalue weighted by Crippen LogP contribution is 2.48. The van der Waals surface area contributed by atoms with Crippen molar-refractivity contribution in [1.82, 2.24) is 0 Å². The molecule has 0 spiro atoms. The van der Waals surface area contributed by atoms with Crippen LogP contribution >= 0.6 is 0 Å². The van der Waals surface area contributed by atoms with Gasteiger partial charge in [0.25, 0.3) is 0 Å². The largest absolute Gasteiger partial charge is 0.490 e. The van der Waals surface area contributed by atoms with Crippen LogP contribution in [-0.4, -0.2) is 32.1 Å². The number of esters is 1. The van der Waals surface area contributed by atoms with Gasteiger partial charge in [0.15, 0.2) is 23.9 Å². The Balaban J connectivity index is 2.07. The molecule has 1 heterocycles. The molecule has 164 valence electrons. The third-order valence-electron chi connectivity index (χ3n) is 5.25. The first-order valence-electron chi connectivity index (χ1n) is 10.0. The van der Waals surface area contributed by atoms with Crippen LogP contribution in [0.25, 0.3) is 0 Å². The highest BCUT2D eigenvalue weighted by molar-refractivity contribution is 6.00. The second-order valence-electron chi connectivity index (χ2n) is 8.21. The average molecular weight is 426 g/mol. The number of hydrogen-bond acceptors (Lipinski definition) is 8. The quantitative estimate of drug-likeness (QED) is 0.689. The molecule has 1 aliphatic heterocycles. The molecule has 0 fully saturated rings. The summed E-state index contributed by atoms with van der Waals surface area (Å²) >= 11 is 0. The number of rotatable bonds is 6. The van der Waals surface area contributed by atoms with E-state index in [4.69, 9.17) is 19.9 Å². The number of benzene rings is 1. The minimum atomic E-state index is -0.661. The lowest BCUT2D eigenvalue weighted by molar-refractivity contribution is -0.142. The molecule has 3 rings (SSSR count). The number of hydrogen-bond donors (Lipinski definition) is 1. The van der Waals surface area contributed by atoms with Crippen molar-refractivity contribution < 1.29 is 28.5 Å². The van der Waals surface area contributed by atoms with Crippen LogP contribution in [0, 0.1) is 16.7 Å². The molecule has 0 aromatic heterocycles. The molecule has 0 unspecified atom stereocenters. The zero-order valence-electron chi connectivity index (χ0n) is 18.1. The summed E-state index contributed by atoms with van der Waals surface area (Å²) in [6, 6.07) is 7.17. The summed E-state index contributed by atoms with van der Waals surface area (Å²) in [6.45, 7) is 5.89. The molecule has 1 aromatic rings. The number of methoxy groups -OCH3 is 1. The van der Waals surface area contributed by atoms with E-state index in [0.717, 1.165) is 0 Å². The maximum absolute atomic E-state index is 13.1. The Morgan fingerprint density at radius 3 is 2.68 bits per heavy atom. The van der Waals surface area contributed by atoms with Gasteiger partial charge >= 0.3 is 5.97 Å². The van der Waals surface area contributed by atoms with Crippen LogP contribution in [0.5, 0.6) is 11.5 Å². The van der Waals surface area contributed by atoms with Crippen molar-refractivity contribution in [2.75, 3.05) is 20.3 Å². The molecule has 8 nitrogen and oxygen atoms in total. The van der Waals surface area contributed by atoms with E-state index >= 15 is 0 Å². The van der Waals surface area contributed by atoms with E-state index < -0.39 is 11.9 Å². The Labute approximate surface area is 181 Å². The fourth-order valence-corrected chi connectivity index (χ4v) is 3.91. The maximum atomic E-state index is 13.1. The first-order chi connectivity index (χ1) is 14.7. The third kappa shape index (κ3) is 4.50. The minimum absolute atomic E-state index is 0.000674. The van der Waals surface area contributed by atoms with Gasteiger partial charge in [0, 0.05) is 18.4 Å². The molecule has 2 aliphatic rings. The van der Waals surface area contributed by atoms with Crippen molar-refractivity contribution in [1.29, 1.82) is 5.26 Å². The van der Waals surface area contributed by atoms with Gasteiger partial charge in [-0.05, 0) is 30.0 Å². The van der Waals surface area contributed by atoms with Gasteiger partial charge in [-0.3, -0.25) is 4.79 Å². The second-order valence-corrected chi connectivity index (χ2v) is 8.21. The Morgan fingerprint density at radius 1 is 1.29 bits per heavy atom. The molecule has 0 saturated heterocycles. The molecule has 1 aliphatic carbocycles. The Morgan fingerprint density at radius 2 is 2.03 bits per heavy atom. The van der Waals surface area contributed by atoms with E-state index in [2.05, 4.69) is 10.8 Å². The number of nitrogens with two attached hydrogens (primary N) is 1. The number of ether oxygens (including phenoxy) is 4. The summed E-state index contributed by atoms with van der Waals surface area (Å²) in [6.07, 6.45) is 0.894. The first kappa shape index (κ1) is 22.2. The Bertz CT molecular complexity index is 1020. The monoisotopic (exact) mass is 426 g/mol. The lowest BCUT2D eigenvalue weighted by Gasteiger charge is -2.37. The lowest BCUT2D eigenvalue weighted by Crippen LogP contribution is -2.33. The van der Waals surface area contributed by atoms with Gasteiger partial charge in [0.2, 0.25) is 5.88 Å². The SMILES string of the molecule is CCOc1cc([C@H]2C(C#N)=C(N)OC3=C2C(=O)CC(C)(C)C3)ccc1OCC(=O)OC. The number of allylic oxidation sites excluding steroid dienone is 3. The van der Waals surface area contributed by atoms with Crippen molar-refractivity contribution in [2.45, 2.75) is 39.5 Å². The lowest BCUT2D eigenvalue weighted by atomic mass is 9.70. The molecule has 1 atom stereocenters. The summed E-state index contributed by atoms with van der Waals surface area (Å²) < 4.78 is 21.5. The minimum Gasteiger partial charge on any atom is -0.490 e. The summed E-state index contributed by atoms with van der Waals surface area (Å²) in [5, 5.41) is 9.76. The van der Waals surface area contributed by atoms with Crippen LogP contribution < -0.4 is 15.2 Å². The van der Waals surface area contributed by atoms with Gasteiger partial charge in [0.1, 0.15) is 17.4 Å². The van der Waals surface area contributed by atoms with Crippen molar-refractivity contribution in [3.63, 3.8) is 0 Å². The van der Waals surface area contributed by atoms with Crippen LogP contribution in [0.3, 0.4) is 0 Å². The van der Waals surface area contributed by atoms with Crippen molar-refractivity contribution in [3.05, 3.63) is 46.6 Å². The van der Waals surface area contributed by atoms with Crippen molar-refractivity contribution in [3.8, 4) is 17.6 Å². The van der Waals surface area contributed by atoms with Crippen LogP contribution in [0.15, 0.2) is 41.0 Å². The summed E-state index contributed by atoms with van der Waals surface area (Å²) in [5.74, 6) is -0.0105. The zero-order valence-corrected chi connectivity index (χ0v) is 18.1. The summed E-state index contributed by atoms with van der Waals surface area (Å²) in [5.41, 5.74) is 7.09. The Kier molecular flexibility index (Phi) is 6.25. The van der Waals surface area contributed by atoms with Crippen molar-refractivity contribution >= 4 is 11.8 Å². The van der Waals surface area contributed by atoms with Crippen LogP contribution in [0.1, 0.15) is 45.1 Å². The van der Waals surface area contributed by atoms with Gasteiger partial charge in [-0.25, -0.2) is 4.79 Å². The predicted molar refractivity (Wildman–Crippen MR) is 111 cm³/mol. The number of Topliss-reactive ketones (excluding diaryl/α,β-unsaturated/α-hetero) is 1. The summed E-state index contributed by atoms with van der Waals surface area (Å²) in [4.78, 5) is 24.5. The van der Waals surface area contributed by atoms with E-state index in [1.54, 1.807) is 18.2 Å². The van der Waals surface area contributed by atoms with Gasteiger partial charge < -0.3 is 24.7 Å². The standard InChI is InChI=1S/C23H26N2O6/c1-5-29-17-8-13(6-7-16(17)30-12-19(27)28-4)20-14(11-24)22(25)31-18-10-23(2,3)9-15(26)21(18)20/h6-8,20H,5,9-10,12,25H2,1-4H3/t20-/m0/s1. The smallest absolute Gasteiger partial charge is 0.343 e. The maximum Gasteiger partial charge on any atom is 0.343 e. The molecular formula is C23H26N2O6. The van der Waals surface area contributed by atoms with E-state index in [0.29, 0.717) is 47.8 Å². The molecule has 0 amide bonds. The summed E-state index contributed by atoms with van der Waals surface area (Å²) in [7, 11) is 1.28. The fraction of sp³-hybridized carbons (Fsp3) is 0.435. The Hall–Kier alpha value is -3.47. The number of nitriles is 1. The van der Waals surface area contributed by atoms with Gasteiger partial charge in [-0.1, -0.05) is 19.9 Å². The zero-order chi connectivity index (χ0) is 22.8. The number of ketones is 1. The van der Waals surface area contributed by atoms with Gasteiger partial charge in [0.05, 0.1) is 19.6 Å². The highest BCUT2D eigenvalue weighted by atomic mass is 16.6. The predicted octanol–water partition coefficient (Wildman–Crippen LogP) is 3.09. The van der Waals surface area contributed by atoms with E-state index in [1.165, 1.54) is 7.11 Å². The normalized spacial score (nSPS) is 19.8. The molecule has 0 radical (unpaired) electrons. The average Bonchev–Trinajstić information content (AvgIpc) is 2.70. The molecule has 31 heavy (non-hydrogen) atoms. The number of nitrogens with zero attached hydrogens (tertiary/aromatic N) is 1. The molecule has 1 aromatic carbocycles. The first-order valence-corrected chi connectivity index (χ1v) is 10.0. The molecule has 0 bridgehead atoms.